The normalized spacial score (nSPS) is 24.3. The molecule has 0 radical (unpaired) electrons. The summed E-state index contributed by atoms with van der Waals surface area (Å²) in [6, 6.07) is 9.27. The van der Waals surface area contributed by atoms with Gasteiger partial charge < -0.3 is 5.11 Å². The third-order valence-electron chi connectivity index (χ3n) is 3.89. The zero-order chi connectivity index (χ0) is 15.8. The van der Waals surface area contributed by atoms with Crippen LogP contribution in [0.1, 0.15) is 38.7 Å². The maximum absolute atomic E-state index is 12.2. The van der Waals surface area contributed by atoms with Crippen LogP contribution in [0.2, 0.25) is 0 Å². The van der Waals surface area contributed by atoms with Crippen LogP contribution in [0.15, 0.2) is 30.3 Å². The third-order valence-corrected chi connectivity index (χ3v) is 3.89. The molecule has 0 aliphatic heterocycles. The Morgan fingerprint density at radius 1 is 1.29 bits per heavy atom. The first-order chi connectivity index (χ1) is 9.75. The zero-order valence-electron chi connectivity index (χ0n) is 12.3. The van der Waals surface area contributed by atoms with Gasteiger partial charge in [0, 0.05) is 11.5 Å². The molecule has 0 saturated heterocycles. The van der Waals surface area contributed by atoms with E-state index >= 15 is 0 Å². The Bertz CT molecular complexity index is 553. The number of carboxylic acid groups (broad SMARTS) is 1. The van der Waals surface area contributed by atoms with E-state index in [1.54, 1.807) is 26.3 Å². The summed E-state index contributed by atoms with van der Waals surface area (Å²) in [7, 11) is 0. The SMILES string of the molecule is CC(C)(C)N(C(=O)O)[C@@]1(C(=O)NO)C[C@@H]1c1ccccc1. The molecule has 0 unspecified atom stereocenters. The van der Waals surface area contributed by atoms with E-state index in [1.165, 1.54) is 0 Å². The third kappa shape index (κ3) is 2.47. The summed E-state index contributed by atoms with van der Waals surface area (Å²) in [4.78, 5) is 25.0. The largest absolute Gasteiger partial charge is 0.465 e. The lowest BCUT2D eigenvalue weighted by Crippen LogP contribution is -2.59. The number of amides is 2. The van der Waals surface area contributed by atoms with Crippen molar-refractivity contribution in [1.82, 2.24) is 10.4 Å². The van der Waals surface area contributed by atoms with Gasteiger partial charge in [-0.25, -0.2) is 10.3 Å². The molecule has 2 atom stereocenters. The van der Waals surface area contributed by atoms with E-state index in [0.29, 0.717) is 6.42 Å². The van der Waals surface area contributed by atoms with Crippen molar-refractivity contribution in [2.75, 3.05) is 0 Å². The van der Waals surface area contributed by atoms with Crippen molar-refractivity contribution in [3.05, 3.63) is 35.9 Å². The molecule has 1 fully saturated rings. The topological polar surface area (TPSA) is 89.9 Å². The lowest BCUT2D eigenvalue weighted by Gasteiger charge is -2.39. The number of hydroxylamine groups is 1. The van der Waals surface area contributed by atoms with Gasteiger partial charge in [0.25, 0.3) is 5.91 Å². The molecule has 1 aromatic carbocycles. The fourth-order valence-corrected chi connectivity index (χ4v) is 3.08. The second-order valence-corrected chi connectivity index (χ2v) is 6.32. The number of nitrogens with zero attached hydrogens (tertiary/aromatic N) is 1. The predicted molar refractivity (Wildman–Crippen MR) is 76.1 cm³/mol. The van der Waals surface area contributed by atoms with E-state index in [-0.39, 0.29) is 5.92 Å². The molecule has 1 aliphatic carbocycles. The Labute approximate surface area is 123 Å². The maximum atomic E-state index is 12.2. The predicted octanol–water partition coefficient (Wildman–Crippen LogP) is 2.20. The molecule has 6 nitrogen and oxygen atoms in total. The molecule has 0 aromatic heterocycles. The highest BCUT2D eigenvalue weighted by Crippen LogP contribution is 2.57. The van der Waals surface area contributed by atoms with Crippen LogP contribution >= 0.6 is 0 Å². The van der Waals surface area contributed by atoms with Crippen molar-refractivity contribution in [2.24, 2.45) is 0 Å². The Balaban J connectivity index is 2.46. The Morgan fingerprint density at radius 3 is 2.29 bits per heavy atom. The van der Waals surface area contributed by atoms with E-state index in [1.807, 2.05) is 30.3 Å². The molecule has 0 bridgehead atoms. The first-order valence-electron chi connectivity index (χ1n) is 6.78. The number of hydrogen-bond donors (Lipinski definition) is 3. The van der Waals surface area contributed by atoms with Gasteiger partial charge in [-0.15, -0.1) is 0 Å². The number of carbonyl (C=O) groups is 2. The van der Waals surface area contributed by atoms with Crippen LogP contribution in [-0.4, -0.2) is 38.3 Å². The lowest BCUT2D eigenvalue weighted by molar-refractivity contribution is -0.138. The van der Waals surface area contributed by atoms with Gasteiger partial charge in [-0.05, 0) is 32.8 Å². The summed E-state index contributed by atoms with van der Waals surface area (Å²) in [5.74, 6) is -0.949. The van der Waals surface area contributed by atoms with Gasteiger partial charge >= 0.3 is 6.09 Å². The van der Waals surface area contributed by atoms with Gasteiger partial charge in [0.1, 0.15) is 5.54 Å². The van der Waals surface area contributed by atoms with E-state index in [4.69, 9.17) is 5.21 Å². The molecule has 1 aliphatic rings. The maximum Gasteiger partial charge on any atom is 0.408 e. The average Bonchev–Trinajstić information content (AvgIpc) is 3.13. The van der Waals surface area contributed by atoms with E-state index < -0.39 is 23.1 Å². The molecule has 1 saturated carbocycles. The molecule has 0 spiro atoms. The Kier molecular flexibility index (Phi) is 3.67. The van der Waals surface area contributed by atoms with Crippen molar-refractivity contribution < 1.29 is 19.9 Å². The van der Waals surface area contributed by atoms with Crippen LogP contribution in [0.3, 0.4) is 0 Å². The molecule has 2 rings (SSSR count). The number of hydrogen-bond acceptors (Lipinski definition) is 3. The highest BCUT2D eigenvalue weighted by Gasteiger charge is 2.68. The molecule has 3 N–H and O–H groups in total. The van der Waals surface area contributed by atoms with Crippen LogP contribution in [0.5, 0.6) is 0 Å². The fourth-order valence-electron chi connectivity index (χ4n) is 3.08. The number of carbonyl (C=O) groups excluding carboxylic acids is 1. The van der Waals surface area contributed by atoms with Gasteiger partial charge in [0.2, 0.25) is 0 Å². The van der Waals surface area contributed by atoms with Crippen LogP contribution < -0.4 is 5.48 Å². The Morgan fingerprint density at radius 2 is 1.86 bits per heavy atom. The quantitative estimate of drug-likeness (QED) is 0.588. The second kappa shape index (κ2) is 5.04. The summed E-state index contributed by atoms with van der Waals surface area (Å²) in [5.41, 5.74) is 0.491. The smallest absolute Gasteiger partial charge is 0.408 e. The van der Waals surface area contributed by atoms with Crippen LogP contribution in [0.25, 0.3) is 0 Å². The summed E-state index contributed by atoms with van der Waals surface area (Å²) in [5, 5.41) is 18.6. The van der Waals surface area contributed by atoms with Crippen molar-refractivity contribution >= 4 is 12.0 Å². The summed E-state index contributed by atoms with van der Waals surface area (Å²) >= 11 is 0. The first-order valence-corrected chi connectivity index (χ1v) is 6.78. The van der Waals surface area contributed by atoms with Crippen molar-refractivity contribution in [2.45, 2.75) is 44.2 Å². The van der Waals surface area contributed by atoms with Gasteiger partial charge in [-0.2, -0.15) is 0 Å². The summed E-state index contributed by atoms with van der Waals surface area (Å²) in [6.07, 6.45) is -0.822. The van der Waals surface area contributed by atoms with Crippen molar-refractivity contribution in [1.29, 1.82) is 0 Å². The molecule has 114 valence electrons. The number of benzene rings is 1. The molecular formula is C15H20N2O4. The molecule has 6 heteroatoms. The van der Waals surface area contributed by atoms with E-state index in [2.05, 4.69) is 0 Å². The highest BCUT2D eigenvalue weighted by atomic mass is 16.5. The van der Waals surface area contributed by atoms with Crippen molar-refractivity contribution in [3.8, 4) is 0 Å². The van der Waals surface area contributed by atoms with Crippen LogP contribution in [0, 0.1) is 0 Å². The second-order valence-electron chi connectivity index (χ2n) is 6.32. The van der Waals surface area contributed by atoms with Crippen LogP contribution in [0.4, 0.5) is 4.79 Å². The summed E-state index contributed by atoms with van der Waals surface area (Å²) in [6.45, 7) is 5.19. The van der Waals surface area contributed by atoms with Gasteiger partial charge in [0.05, 0.1) is 0 Å². The van der Waals surface area contributed by atoms with Crippen molar-refractivity contribution in [3.63, 3.8) is 0 Å². The van der Waals surface area contributed by atoms with E-state index in [9.17, 15) is 14.7 Å². The highest BCUT2D eigenvalue weighted by molar-refractivity contribution is 5.94. The Hall–Kier alpha value is -2.08. The van der Waals surface area contributed by atoms with Gasteiger partial charge in [0.15, 0.2) is 0 Å². The average molecular weight is 292 g/mol. The first kappa shape index (κ1) is 15.3. The standard InChI is InChI=1S/C15H20N2O4/c1-14(2,3)17(13(19)20)15(12(18)16-21)9-11(15)10-7-5-4-6-8-10/h4-8,11,21H,9H2,1-3H3,(H,16,18)(H,19,20)/t11-,15+/m1/s1. The van der Waals surface area contributed by atoms with Gasteiger partial charge in [-0.3, -0.25) is 14.9 Å². The van der Waals surface area contributed by atoms with E-state index in [0.717, 1.165) is 10.5 Å². The minimum absolute atomic E-state index is 0.263. The molecule has 1 aromatic rings. The van der Waals surface area contributed by atoms with Gasteiger partial charge in [-0.1, -0.05) is 30.3 Å². The molecular weight excluding hydrogens is 272 g/mol. The monoisotopic (exact) mass is 292 g/mol. The minimum Gasteiger partial charge on any atom is -0.465 e. The zero-order valence-corrected chi connectivity index (χ0v) is 12.3. The number of nitrogens with one attached hydrogen (secondary N) is 1. The number of rotatable bonds is 3. The van der Waals surface area contributed by atoms with Crippen LogP contribution in [-0.2, 0) is 4.79 Å². The molecule has 21 heavy (non-hydrogen) atoms. The minimum atomic E-state index is -1.26. The summed E-state index contributed by atoms with van der Waals surface area (Å²) < 4.78 is 0. The molecule has 0 heterocycles. The lowest BCUT2D eigenvalue weighted by atomic mass is 9.97. The fraction of sp³-hybridized carbons (Fsp3) is 0.467. The molecule has 2 amide bonds.